The zero-order valence-corrected chi connectivity index (χ0v) is 7.50. The van der Waals surface area contributed by atoms with Crippen LogP contribution >= 0.6 is 0 Å². The Balaban J connectivity index is 3.04. The first kappa shape index (κ1) is 10.9. The van der Waals surface area contributed by atoms with Gasteiger partial charge < -0.3 is 14.7 Å². The van der Waals surface area contributed by atoms with E-state index < -0.39 is 24.7 Å². The van der Waals surface area contributed by atoms with E-state index in [0.29, 0.717) is 6.42 Å². The van der Waals surface area contributed by atoms with Gasteiger partial charge in [0.15, 0.2) is 11.6 Å². The first-order valence-electron chi connectivity index (χ1n) is 4.06. The van der Waals surface area contributed by atoms with Crippen LogP contribution in [0.2, 0.25) is 0 Å². The van der Waals surface area contributed by atoms with Gasteiger partial charge in [-0.05, 0) is 18.1 Å². The van der Waals surface area contributed by atoms with Crippen LogP contribution in [0.1, 0.15) is 12.5 Å². The van der Waals surface area contributed by atoms with E-state index in [2.05, 4.69) is 4.65 Å². The van der Waals surface area contributed by atoms with Gasteiger partial charge in [-0.25, -0.2) is 4.39 Å². The van der Waals surface area contributed by atoms with Crippen molar-refractivity contribution < 1.29 is 23.5 Å². The van der Waals surface area contributed by atoms with Crippen molar-refractivity contribution in [2.24, 2.45) is 0 Å². The Morgan fingerprint density at radius 2 is 1.93 bits per heavy atom. The van der Waals surface area contributed by atoms with Gasteiger partial charge >= 0.3 is 7.32 Å². The van der Waals surface area contributed by atoms with Gasteiger partial charge in [-0.1, -0.05) is 13.0 Å². The third-order valence-corrected chi connectivity index (χ3v) is 1.74. The fourth-order valence-corrected chi connectivity index (χ4v) is 1.05. The molecule has 0 radical (unpaired) electrons. The molecule has 0 unspecified atom stereocenters. The van der Waals surface area contributed by atoms with Crippen molar-refractivity contribution in [2.75, 3.05) is 0 Å². The lowest BCUT2D eigenvalue weighted by Gasteiger charge is -2.08. The molecule has 14 heavy (non-hydrogen) atoms. The first-order valence-corrected chi connectivity index (χ1v) is 4.06. The van der Waals surface area contributed by atoms with Gasteiger partial charge in [0, 0.05) is 0 Å². The smallest absolute Gasteiger partial charge is 0.509 e. The Morgan fingerprint density at radius 3 is 2.43 bits per heavy atom. The highest BCUT2D eigenvalue weighted by molar-refractivity contribution is 6.33. The van der Waals surface area contributed by atoms with E-state index in [0.717, 1.165) is 6.07 Å². The average molecular weight is 202 g/mol. The normalized spacial score (nSPS) is 10.1. The summed E-state index contributed by atoms with van der Waals surface area (Å²) in [5.41, 5.74) is 0.210. The molecule has 6 heteroatoms. The molecule has 0 aromatic heterocycles. The zero-order chi connectivity index (χ0) is 10.7. The molecule has 0 bridgehead atoms. The summed E-state index contributed by atoms with van der Waals surface area (Å²) in [6, 6.07) is 2.48. The van der Waals surface area contributed by atoms with Crippen LogP contribution in [0, 0.1) is 11.6 Å². The Hall–Kier alpha value is -1.14. The molecule has 76 valence electrons. The Morgan fingerprint density at radius 1 is 1.29 bits per heavy atom. The summed E-state index contributed by atoms with van der Waals surface area (Å²) in [5, 5.41) is 16.8. The predicted octanol–water partition coefficient (Wildman–Crippen LogP) is 0.875. The lowest BCUT2D eigenvalue weighted by molar-refractivity contribution is 0.279. The molecular formula is C8H9BF2O3. The minimum absolute atomic E-state index is 0.210. The monoisotopic (exact) mass is 202 g/mol. The molecule has 1 aromatic carbocycles. The molecule has 1 aromatic rings. The fraction of sp³-hybridized carbons (Fsp3) is 0.250. The van der Waals surface area contributed by atoms with Crippen molar-refractivity contribution in [2.45, 2.75) is 13.3 Å². The SMILES string of the molecule is CCc1ccc(OB(O)O)c(F)c1F. The molecule has 0 aliphatic carbocycles. The molecule has 0 atom stereocenters. The number of hydrogen-bond donors (Lipinski definition) is 2. The van der Waals surface area contributed by atoms with Gasteiger partial charge in [0.25, 0.3) is 0 Å². The van der Waals surface area contributed by atoms with Crippen molar-refractivity contribution >= 4 is 7.32 Å². The van der Waals surface area contributed by atoms with Crippen LogP contribution in [0.25, 0.3) is 0 Å². The molecule has 0 amide bonds. The van der Waals surface area contributed by atoms with Crippen LogP contribution in [-0.4, -0.2) is 17.4 Å². The zero-order valence-electron chi connectivity index (χ0n) is 7.50. The average Bonchev–Trinajstić information content (AvgIpc) is 2.13. The molecule has 0 fully saturated rings. The molecule has 0 saturated heterocycles. The summed E-state index contributed by atoms with van der Waals surface area (Å²) in [6.45, 7) is 1.68. The van der Waals surface area contributed by atoms with Crippen molar-refractivity contribution in [3.8, 4) is 5.75 Å². The second-order valence-corrected chi connectivity index (χ2v) is 2.65. The van der Waals surface area contributed by atoms with E-state index in [1.807, 2.05) is 0 Å². The molecule has 2 N–H and O–H groups in total. The summed E-state index contributed by atoms with van der Waals surface area (Å²) in [5.74, 6) is -2.75. The fourth-order valence-electron chi connectivity index (χ4n) is 1.05. The Bertz CT molecular complexity index is 331. The topological polar surface area (TPSA) is 49.7 Å². The summed E-state index contributed by atoms with van der Waals surface area (Å²) in [4.78, 5) is 0. The summed E-state index contributed by atoms with van der Waals surface area (Å²) in [6.07, 6.45) is 0.352. The third kappa shape index (κ3) is 2.21. The highest BCUT2D eigenvalue weighted by atomic mass is 19.2. The first-order chi connectivity index (χ1) is 6.56. The minimum atomic E-state index is -2.16. The number of benzene rings is 1. The van der Waals surface area contributed by atoms with Crippen molar-refractivity contribution in [1.82, 2.24) is 0 Å². The van der Waals surface area contributed by atoms with Crippen molar-refractivity contribution in [3.63, 3.8) is 0 Å². The van der Waals surface area contributed by atoms with E-state index in [-0.39, 0.29) is 5.56 Å². The quantitative estimate of drug-likeness (QED) is 0.715. The molecule has 0 aliphatic rings. The highest BCUT2D eigenvalue weighted by Gasteiger charge is 2.18. The van der Waals surface area contributed by atoms with Gasteiger partial charge in [0.1, 0.15) is 5.75 Å². The van der Waals surface area contributed by atoms with Crippen LogP contribution in [0.5, 0.6) is 5.75 Å². The van der Waals surface area contributed by atoms with Gasteiger partial charge in [-0.3, -0.25) is 0 Å². The maximum Gasteiger partial charge on any atom is 0.707 e. The predicted molar refractivity (Wildman–Crippen MR) is 46.6 cm³/mol. The van der Waals surface area contributed by atoms with E-state index in [9.17, 15) is 8.78 Å². The highest BCUT2D eigenvalue weighted by Crippen LogP contribution is 2.22. The van der Waals surface area contributed by atoms with E-state index in [1.54, 1.807) is 6.92 Å². The van der Waals surface area contributed by atoms with Crippen LogP contribution in [-0.2, 0) is 6.42 Å². The van der Waals surface area contributed by atoms with Crippen LogP contribution < -0.4 is 4.65 Å². The van der Waals surface area contributed by atoms with Crippen LogP contribution in [0.4, 0.5) is 8.78 Å². The number of hydrogen-bond acceptors (Lipinski definition) is 3. The number of aryl methyl sites for hydroxylation is 1. The van der Waals surface area contributed by atoms with Gasteiger partial charge in [-0.15, -0.1) is 0 Å². The van der Waals surface area contributed by atoms with Crippen LogP contribution in [0.3, 0.4) is 0 Å². The van der Waals surface area contributed by atoms with E-state index in [1.165, 1.54) is 6.07 Å². The second-order valence-electron chi connectivity index (χ2n) is 2.65. The minimum Gasteiger partial charge on any atom is -0.509 e. The molecule has 0 spiro atoms. The molecule has 1 rings (SSSR count). The molecule has 0 aliphatic heterocycles. The lowest BCUT2D eigenvalue weighted by Crippen LogP contribution is -2.21. The van der Waals surface area contributed by atoms with Crippen LogP contribution in [0.15, 0.2) is 12.1 Å². The Labute approximate surface area is 80.1 Å². The molecule has 3 nitrogen and oxygen atoms in total. The summed E-state index contributed by atoms with van der Waals surface area (Å²) < 4.78 is 30.4. The van der Waals surface area contributed by atoms with Crippen molar-refractivity contribution in [1.29, 1.82) is 0 Å². The molecule has 0 saturated carbocycles. The lowest BCUT2D eigenvalue weighted by atomic mass is 10.1. The summed E-state index contributed by atoms with van der Waals surface area (Å²) >= 11 is 0. The van der Waals surface area contributed by atoms with Crippen molar-refractivity contribution in [3.05, 3.63) is 29.3 Å². The van der Waals surface area contributed by atoms with Gasteiger partial charge in [0.05, 0.1) is 0 Å². The standard InChI is InChI=1S/C8H9BF2O3/c1-2-5-3-4-6(14-9(12)13)8(11)7(5)10/h3-4,12-13H,2H2,1H3. The number of halogens is 2. The largest absolute Gasteiger partial charge is 0.707 e. The van der Waals surface area contributed by atoms with Gasteiger partial charge in [0.2, 0.25) is 0 Å². The van der Waals surface area contributed by atoms with Gasteiger partial charge in [-0.2, -0.15) is 4.39 Å². The third-order valence-electron chi connectivity index (χ3n) is 1.74. The maximum atomic E-state index is 13.1. The molecule has 0 heterocycles. The van der Waals surface area contributed by atoms with E-state index >= 15 is 0 Å². The molecular weight excluding hydrogens is 193 g/mol. The second kappa shape index (κ2) is 4.39. The maximum absolute atomic E-state index is 13.1. The number of rotatable bonds is 3. The van der Waals surface area contributed by atoms with E-state index in [4.69, 9.17) is 10.0 Å². The summed E-state index contributed by atoms with van der Waals surface area (Å²) in [7, 11) is -2.16. The Kier molecular flexibility index (Phi) is 3.43.